The number of amides is 1. The fraction of sp³-hybridized carbons (Fsp3) is 0.536. The molecule has 0 spiro atoms. The van der Waals surface area contributed by atoms with Crippen LogP contribution in [0.1, 0.15) is 70.3 Å². The van der Waals surface area contributed by atoms with E-state index in [1.165, 1.54) is 12.5 Å². The molecule has 0 radical (unpaired) electrons. The fourth-order valence-corrected chi connectivity index (χ4v) is 5.09. The van der Waals surface area contributed by atoms with Gasteiger partial charge in [-0.05, 0) is 59.6 Å². The summed E-state index contributed by atoms with van der Waals surface area (Å²) in [5.74, 6) is 1.37. The second kappa shape index (κ2) is 11.8. The lowest BCUT2D eigenvalue weighted by molar-refractivity contribution is -0.119. The van der Waals surface area contributed by atoms with Crippen LogP contribution >= 0.6 is 0 Å². The number of fused-ring (bicyclic) bond motifs is 1. The second-order valence-electron chi connectivity index (χ2n) is 11.7. The molecule has 40 heavy (non-hydrogen) atoms. The molecule has 2 aliphatic rings. The fourth-order valence-electron chi connectivity index (χ4n) is 5.09. The van der Waals surface area contributed by atoms with Gasteiger partial charge in [0.15, 0.2) is 0 Å². The summed E-state index contributed by atoms with van der Waals surface area (Å²) in [5, 5.41) is 9.84. The highest BCUT2D eigenvalue weighted by Crippen LogP contribution is 2.42. The molecule has 0 aliphatic carbocycles. The molecule has 4 heterocycles. The maximum Gasteiger partial charge on any atom is 0.331 e. The van der Waals surface area contributed by atoms with E-state index in [0.29, 0.717) is 36.7 Å². The van der Waals surface area contributed by atoms with E-state index in [-0.39, 0.29) is 17.4 Å². The Kier molecular flexibility index (Phi) is 8.67. The van der Waals surface area contributed by atoms with E-state index in [2.05, 4.69) is 56.6 Å². The number of aromatic nitrogens is 3. The SMILES string of the molecule is CC(C)(C)NCCNc1ccc(C(C=NC(F)F)=CN)nc1C1CCN(c2ncnc3c2C(C)(C)C(=O)N3)CC1. The van der Waals surface area contributed by atoms with Crippen molar-refractivity contribution in [2.24, 2.45) is 10.7 Å². The molecular formula is C28H39F2N9O. The zero-order valence-electron chi connectivity index (χ0n) is 23.8. The lowest BCUT2D eigenvalue weighted by Gasteiger charge is -2.35. The first kappa shape index (κ1) is 29.3. The van der Waals surface area contributed by atoms with Crippen LogP contribution in [-0.2, 0) is 10.2 Å². The van der Waals surface area contributed by atoms with Gasteiger partial charge < -0.3 is 26.6 Å². The number of nitrogens with two attached hydrogens (primary N) is 1. The molecule has 216 valence electrons. The van der Waals surface area contributed by atoms with Crippen LogP contribution in [0.5, 0.6) is 0 Å². The lowest BCUT2D eigenvalue weighted by atomic mass is 9.86. The van der Waals surface area contributed by atoms with Crippen LogP contribution in [0.15, 0.2) is 29.7 Å². The van der Waals surface area contributed by atoms with E-state index in [4.69, 9.17) is 10.7 Å². The first-order valence-corrected chi connectivity index (χ1v) is 13.6. The molecule has 5 N–H and O–H groups in total. The molecule has 2 aliphatic heterocycles. The van der Waals surface area contributed by atoms with E-state index in [1.807, 2.05) is 19.9 Å². The van der Waals surface area contributed by atoms with Crippen LogP contribution < -0.4 is 26.6 Å². The van der Waals surface area contributed by atoms with Crippen molar-refractivity contribution in [3.8, 4) is 0 Å². The van der Waals surface area contributed by atoms with E-state index in [9.17, 15) is 13.6 Å². The van der Waals surface area contributed by atoms with Gasteiger partial charge in [0.05, 0.1) is 28.1 Å². The first-order chi connectivity index (χ1) is 18.9. The predicted molar refractivity (Wildman–Crippen MR) is 155 cm³/mol. The Morgan fingerprint density at radius 1 is 1.25 bits per heavy atom. The van der Waals surface area contributed by atoms with Crippen molar-refractivity contribution in [2.45, 2.75) is 70.9 Å². The number of halogens is 2. The molecule has 1 amide bonds. The molecule has 0 bridgehead atoms. The Bertz CT molecular complexity index is 1280. The van der Waals surface area contributed by atoms with Crippen molar-refractivity contribution < 1.29 is 13.6 Å². The number of nitrogens with zero attached hydrogens (tertiary/aromatic N) is 5. The predicted octanol–water partition coefficient (Wildman–Crippen LogP) is 3.88. The number of nitrogens with one attached hydrogen (secondary N) is 3. The molecule has 4 rings (SSSR count). The molecule has 0 saturated carbocycles. The van der Waals surface area contributed by atoms with Gasteiger partial charge in [-0.25, -0.2) is 15.0 Å². The molecule has 1 saturated heterocycles. The highest BCUT2D eigenvalue weighted by Gasteiger charge is 2.43. The third-order valence-corrected chi connectivity index (χ3v) is 7.26. The summed E-state index contributed by atoms with van der Waals surface area (Å²) in [6, 6.07) is 3.70. The summed E-state index contributed by atoms with van der Waals surface area (Å²) in [4.78, 5) is 31.7. The van der Waals surface area contributed by atoms with Crippen molar-refractivity contribution >= 4 is 35.0 Å². The van der Waals surface area contributed by atoms with Gasteiger partial charge >= 0.3 is 6.55 Å². The highest BCUT2D eigenvalue weighted by molar-refractivity contribution is 6.09. The van der Waals surface area contributed by atoms with Crippen LogP contribution in [0.2, 0.25) is 0 Å². The summed E-state index contributed by atoms with van der Waals surface area (Å²) in [7, 11) is 0. The number of rotatable bonds is 9. The maximum absolute atomic E-state index is 12.7. The molecular weight excluding hydrogens is 516 g/mol. The van der Waals surface area contributed by atoms with Crippen LogP contribution in [0.4, 0.5) is 26.1 Å². The Morgan fingerprint density at radius 2 is 1.98 bits per heavy atom. The maximum atomic E-state index is 12.7. The van der Waals surface area contributed by atoms with Gasteiger partial charge in [0.2, 0.25) is 5.91 Å². The van der Waals surface area contributed by atoms with E-state index in [0.717, 1.165) is 48.4 Å². The third kappa shape index (κ3) is 6.55. The minimum Gasteiger partial charge on any atom is -0.404 e. The minimum absolute atomic E-state index is 0.000171. The number of aliphatic imine (C=N–C) groups is 1. The van der Waals surface area contributed by atoms with Gasteiger partial charge in [-0.1, -0.05) is 0 Å². The van der Waals surface area contributed by atoms with Gasteiger partial charge in [0.1, 0.15) is 18.0 Å². The zero-order valence-corrected chi connectivity index (χ0v) is 23.8. The molecule has 0 unspecified atom stereocenters. The average Bonchev–Trinajstić information content (AvgIpc) is 3.14. The van der Waals surface area contributed by atoms with Gasteiger partial charge in [-0.15, -0.1) is 0 Å². The van der Waals surface area contributed by atoms with Crippen molar-refractivity contribution in [1.29, 1.82) is 0 Å². The number of hydrogen-bond donors (Lipinski definition) is 4. The standard InChI is InChI=1S/C28H39F2N9O/c1-27(2,3)36-11-10-32-20-7-6-19(18(14-31)15-33-26(29)30)37-22(20)17-8-12-39(13-9-17)24-21-23(34-16-35-24)38-25(40)28(21,4)5/h6-7,14-17,26,32,36H,8-13,31H2,1-5H3,(H,34,35,38,40). The molecule has 12 heteroatoms. The van der Waals surface area contributed by atoms with Crippen LogP contribution in [0.3, 0.4) is 0 Å². The number of allylic oxidation sites excluding steroid dienone is 1. The number of alkyl halides is 2. The Morgan fingerprint density at radius 3 is 2.62 bits per heavy atom. The average molecular weight is 556 g/mol. The summed E-state index contributed by atoms with van der Waals surface area (Å²) in [5.41, 5.74) is 8.43. The number of piperidine rings is 1. The summed E-state index contributed by atoms with van der Waals surface area (Å²) in [6.07, 6.45) is 5.37. The smallest absolute Gasteiger partial charge is 0.331 e. The van der Waals surface area contributed by atoms with Crippen LogP contribution in [0, 0.1) is 0 Å². The molecule has 2 aromatic heterocycles. The number of hydrogen-bond acceptors (Lipinski definition) is 9. The topological polar surface area (TPSA) is 133 Å². The van der Waals surface area contributed by atoms with Crippen molar-refractivity contribution in [3.63, 3.8) is 0 Å². The van der Waals surface area contributed by atoms with Gasteiger partial charge in [0.25, 0.3) is 0 Å². The van der Waals surface area contributed by atoms with Crippen LogP contribution in [0.25, 0.3) is 5.57 Å². The number of carbonyl (C=O) groups excluding carboxylic acids is 1. The molecule has 1 fully saturated rings. The summed E-state index contributed by atoms with van der Waals surface area (Å²) >= 11 is 0. The number of carbonyl (C=O) groups is 1. The van der Waals surface area contributed by atoms with Crippen LogP contribution in [-0.4, -0.2) is 65.3 Å². The van der Waals surface area contributed by atoms with E-state index >= 15 is 0 Å². The quantitative estimate of drug-likeness (QED) is 0.208. The lowest BCUT2D eigenvalue weighted by Crippen LogP contribution is -2.39. The van der Waals surface area contributed by atoms with Gasteiger partial charge in [0, 0.05) is 55.6 Å². The summed E-state index contributed by atoms with van der Waals surface area (Å²) in [6.45, 7) is 10.2. The van der Waals surface area contributed by atoms with Crippen molar-refractivity contribution in [2.75, 3.05) is 41.7 Å². The number of pyridine rings is 1. The Hall–Kier alpha value is -3.67. The zero-order chi connectivity index (χ0) is 29.1. The largest absolute Gasteiger partial charge is 0.404 e. The Balaban J connectivity index is 1.56. The normalized spacial score (nSPS) is 17.9. The second-order valence-corrected chi connectivity index (χ2v) is 11.7. The van der Waals surface area contributed by atoms with Gasteiger partial charge in [-0.3, -0.25) is 9.78 Å². The molecule has 2 aromatic rings. The highest BCUT2D eigenvalue weighted by atomic mass is 19.3. The first-order valence-electron chi connectivity index (χ1n) is 13.6. The Labute approximate surface area is 234 Å². The number of anilines is 3. The monoisotopic (exact) mass is 555 g/mol. The third-order valence-electron chi connectivity index (χ3n) is 7.26. The molecule has 10 nitrogen and oxygen atoms in total. The van der Waals surface area contributed by atoms with E-state index < -0.39 is 12.0 Å². The van der Waals surface area contributed by atoms with Gasteiger partial charge in [-0.2, -0.15) is 8.78 Å². The van der Waals surface area contributed by atoms with Crippen molar-refractivity contribution in [3.05, 3.63) is 41.6 Å². The minimum atomic E-state index is -2.83. The van der Waals surface area contributed by atoms with Crippen molar-refractivity contribution in [1.82, 2.24) is 20.3 Å². The summed E-state index contributed by atoms with van der Waals surface area (Å²) < 4.78 is 25.5. The molecule has 0 aromatic carbocycles. The van der Waals surface area contributed by atoms with E-state index in [1.54, 1.807) is 6.07 Å². The molecule has 0 atom stereocenters.